The van der Waals surface area contributed by atoms with Crippen LogP contribution in [-0.4, -0.2) is 66.9 Å². The van der Waals surface area contributed by atoms with E-state index in [1.165, 1.54) is 6.92 Å². The van der Waals surface area contributed by atoms with Gasteiger partial charge in [-0.25, -0.2) is 9.78 Å². The maximum atomic E-state index is 12.0. The molecule has 0 N–H and O–H groups in total. The summed E-state index contributed by atoms with van der Waals surface area (Å²) in [5.74, 6) is 0.799. The van der Waals surface area contributed by atoms with Crippen molar-refractivity contribution in [2.75, 3.05) is 45.2 Å². The summed E-state index contributed by atoms with van der Waals surface area (Å²) in [6, 6.07) is 7.36. The molecular formula is C18H21ClN4O2. The number of pyridine rings is 1. The molecule has 6 nitrogen and oxygen atoms in total. The number of piperazine rings is 1. The summed E-state index contributed by atoms with van der Waals surface area (Å²) in [7, 11) is 3.52. The number of nitrogens with zero attached hydrogens (tertiary/aromatic N) is 4. The molecule has 2 heterocycles. The van der Waals surface area contributed by atoms with Gasteiger partial charge in [-0.05, 0) is 31.2 Å². The molecular weight excluding hydrogens is 340 g/mol. The number of hydrogen-bond donors (Lipinski definition) is 0. The highest BCUT2D eigenvalue weighted by molar-refractivity contribution is 6.35. The number of amides is 2. The fraction of sp³-hybridized carbons (Fsp3) is 0.389. The molecule has 0 radical (unpaired) electrons. The Morgan fingerprint density at radius 3 is 2.40 bits per heavy atom. The Balaban J connectivity index is 1.83. The summed E-state index contributed by atoms with van der Waals surface area (Å²) < 4.78 is 0. The van der Waals surface area contributed by atoms with Crippen LogP contribution in [0.5, 0.6) is 0 Å². The molecule has 0 atom stereocenters. The molecule has 1 saturated heterocycles. The van der Waals surface area contributed by atoms with Gasteiger partial charge in [0.05, 0.1) is 10.5 Å². The number of aromatic nitrogens is 1. The van der Waals surface area contributed by atoms with Crippen molar-refractivity contribution in [2.45, 2.75) is 6.92 Å². The average molecular weight is 361 g/mol. The predicted molar refractivity (Wildman–Crippen MR) is 99.6 cm³/mol. The number of Topliss-reactive ketones (excluding diaryl/α,β-unsaturated/α-hetero) is 1. The van der Waals surface area contributed by atoms with Crippen molar-refractivity contribution in [2.24, 2.45) is 0 Å². The Bertz CT molecular complexity index is 829. The van der Waals surface area contributed by atoms with E-state index in [-0.39, 0.29) is 11.8 Å². The quantitative estimate of drug-likeness (QED) is 0.773. The molecule has 1 aromatic carbocycles. The highest BCUT2D eigenvalue weighted by atomic mass is 35.5. The van der Waals surface area contributed by atoms with E-state index < -0.39 is 0 Å². The van der Waals surface area contributed by atoms with Gasteiger partial charge in [-0.2, -0.15) is 0 Å². The third-order valence-corrected chi connectivity index (χ3v) is 4.72. The summed E-state index contributed by atoms with van der Waals surface area (Å²) in [6.07, 6.45) is 0. The maximum Gasteiger partial charge on any atom is 0.319 e. The molecule has 0 saturated carbocycles. The molecule has 1 aromatic heterocycles. The monoisotopic (exact) mass is 360 g/mol. The molecule has 1 fully saturated rings. The van der Waals surface area contributed by atoms with E-state index in [4.69, 9.17) is 11.6 Å². The number of halogens is 1. The van der Waals surface area contributed by atoms with E-state index in [9.17, 15) is 9.59 Å². The number of urea groups is 1. The third-order valence-electron chi connectivity index (χ3n) is 4.41. The normalized spacial score (nSPS) is 14.7. The molecule has 0 aliphatic carbocycles. The summed E-state index contributed by atoms with van der Waals surface area (Å²) in [6.45, 7) is 4.27. The van der Waals surface area contributed by atoms with Crippen molar-refractivity contribution in [1.82, 2.24) is 14.8 Å². The lowest BCUT2D eigenvalue weighted by Gasteiger charge is -2.36. The van der Waals surface area contributed by atoms with E-state index in [1.807, 2.05) is 17.0 Å². The van der Waals surface area contributed by atoms with Gasteiger partial charge in [-0.15, -0.1) is 0 Å². The number of rotatable bonds is 2. The highest BCUT2D eigenvalue weighted by Crippen LogP contribution is 2.27. The van der Waals surface area contributed by atoms with Crippen LogP contribution in [0.1, 0.15) is 17.3 Å². The Morgan fingerprint density at radius 2 is 1.80 bits per heavy atom. The van der Waals surface area contributed by atoms with Crippen molar-refractivity contribution in [1.29, 1.82) is 0 Å². The molecule has 132 valence electrons. The standard InChI is InChI=1S/C18H21ClN4O2/c1-12(24)13-10-15(19)14-4-5-17(20-16(14)11-13)22-6-8-23(9-7-22)18(25)21(2)3/h4-5,10-11H,6-9H2,1-3H3. The highest BCUT2D eigenvalue weighted by Gasteiger charge is 2.23. The smallest absolute Gasteiger partial charge is 0.319 e. The van der Waals surface area contributed by atoms with Crippen LogP contribution in [0.2, 0.25) is 5.02 Å². The summed E-state index contributed by atoms with van der Waals surface area (Å²) >= 11 is 6.27. The van der Waals surface area contributed by atoms with Crippen molar-refractivity contribution in [3.63, 3.8) is 0 Å². The maximum absolute atomic E-state index is 12.0. The second-order valence-electron chi connectivity index (χ2n) is 6.40. The SMILES string of the molecule is CC(=O)c1cc(Cl)c2ccc(N3CCN(C(=O)N(C)C)CC3)nc2c1. The minimum Gasteiger partial charge on any atom is -0.353 e. The predicted octanol–water partition coefficient (Wildman–Crippen LogP) is 2.89. The lowest BCUT2D eigenvalue weighted by atomic mass is 10.1. The van der Waals surface area contributed by atoms with Crippen LogP contribution < -0.4 is 4.90 Å². The second kappa shape index (κ2) is 6.88. The molecule has 0 bridgehead atoms. The van der Waals surface area contributed by atoms with E-state index in [0.717, 1.165) is 24.3 Å². The first-order valence-electron chi connectivity index (χ1n) is 8.19. The van der Waals surface area contributed by atoms with Crippen molar-refractivity contribution >= 4 is 40.1 Å². The number of carbonyl (C=O) groups excluding carboxylic acids is 2. The zero-order valence-corrected chi connectivity index (χ0v) is 15.4. The topological polar surface area (TPSA) is 56.8 Å². The Morgan fingerprint density at radius 1 is 1.12 bits per heavy atom. The number of fused-ring (bicyclic) bond motifs is 1. The zero-order chi connectivity index (χ0) is 18.1. The van der Waals surface area contributed by atoms with Crippen LogP contribution in [0.15, 0.2) is 24.3 Å². The molecule has 2 amide bonds. The van der Waals surface area contributed by atoms with Crippen molar-refractivity contribution < 1.29 is 9.59 Å². The van der Waals surface area contributed by atoms with Gasteiger partial charge in [-0.3, -0.25) is 4.79 Å². The first-order chi connectivity index (χ1) is 11.9. The fourth-order valence-electron chi connectivity index (χ4n) is 2.97. The lowest BCUT2D eigenvalue weighted by molar-refractivity contribution is 0.101. The van der Waals surface area contributed by atoms with Crippen LogP contribution in [0.3, 0.4) is 0 Å². The lowest BCUT2D eigenvalue weighted by Crippen LogP contribution is -2.51. The van der Waals surface area contributed by atoms with Crippen molar-refractivity contribution in [3.8, 4) is 0 Å². The minimum absolute atomic E-state index is 0.0315. The van der Waals surface area contributed by atoms with Crippen molar-refractivity contribution in [3.05, 3.63) is 34.9 Å². The van der Waals surface area contributed by atoms with Crippen LogP contribution in [0.25, 0.3) is 10.9 Å². The molecule has 0 unspecified atom stereocenters. The first kappa shape index (κ1) is 17.5. The Kier molecular flexibility index (Phi) is 4.81. The van der Waals surface area contributed by atoms with Gasteiger partial charge in [0.15, 0.2) is 5.78 Å². The molecule has 7 heteroatoms. The van der Waals surface area contributed by atoms with Gasteiger partial charge in [0.25, 0.3) is 0 Å². The molecule has 0 spiro atoms. The number of ketones is 1. The summed E-state index contributed by atoms with van der Waals surface area (Å²) in [5.41, 5.74) is 1.27. The number of carbonyl (C=O) groups is 2. The van der Waals surface area contributed by atoms with E-state index in [0.29, 0.717) is 29.2 Å². The number of anilines is 1. The Labute approximate surface area is 152 Å². The average Bonchev–Trinajstić information content (AvgIpc) is 2.60. The fourth-order valence-corrected chi connectivity index (χ4v) is 3.25. The van der Waals surface area contributed by atoms with Crippen LogP contribution >= 0.6 is 11.6 Å². The summed E-state index contributed by atoms with van der Waals surface area (Å²) in [4.78, 5) is 33.9. The van der Waals surface area contributed by atoms with Gasteiger partial charge in [0.2, 0.25) is 0 Å². The van der Waals surface area contributed by atoms with Gasteiger partial charge >= 0.3 is 6.03 Å². The van der Waals surface area contributed by atoms with Crippen LogP contribution in [0.4, 0.5) is 10.6 Å². The molecule has 1 aliphatic heterocycles. The zero-order valence-electron chi connectivity index (χ0n) is 14.6. The number of hydrogen-bond acceptors (Lipinski definition) is 4. The summed E-state index contributed by atoms with van der Waals surface area (Å²) in [5, 5.41) is 1.36. The third kappa shape index (κ3) is 3.54. The van der Waals surface area contributed by atoms with E-state index in [1.54, 1.807) is 31.1 Å². The van der Waals surface area contributed by atoms with Gasteiger partial charge in [0.1, 0.15) is 5.82 Å². The Hall–Kier alpha value is -2.34. The largest absolute Gasteiger partial charge is 0.353 e. The van der Waals surface area contributed by atoms with Gasteiger partial charge < -0.3 is 14.7 Å². The second-order valence-corrected chi connectivity index (χ2v) is 6.81. The molecule has 25 heavy (non-hydrogen) atoms. The molecule has 1 aliphatic rings. The minimum atomic E-state index is -0.0354. The van der Waals surface area contributed by atoms with Crippen LogP contribution in [-0.2, 0) is 0 Å². The first-order valence-corrected chi connectivity index (χ1v) is 8.57. The number of benzene rings is 1. The molecule has 2 aromatic rings. The van der Waals surface area contributed by atoms with Crippen LogP contribution in [0, 0.1) is 0 Å². The van der Waals surface area contributed by atoms with Gasteiger partial charge in [0, 0.05) is 51.2 Å². The van der Waals surface area contributed by atoms with E-state index >= 15 is 0 Å². The molecule has 3 rings (SSSR count). The van der Waals surface area contributed by atoms with E-state index in [2.05, 4.69) is 9.88 Å². The van der Waals surface area contributed by atoms with Gasteiger partial charge in [-0.1, -0.05) is 11.6 Å².